The summed E-state index contributed by atoms with van der Waals surface area (Å²) < 4.78 is 28.3. The molecule has 2 N–H and O–H groups in total. The molecule has 1 heterocycles. The fourth-order valence-electron chi connectivity index (χ4n) is 1.48. The number of ether oxygens (including phenoxy) is 1. The predicted molar refractivity (Wildman–Crippen MR) is 68.7 cm³/mol. The Balaban J connectivity index is 2.37. The van der Waals surface area contributed by atoms with Gasteiger partial charge in [0.25, 0.3) is 0 Å². The second-order valence-electron chi connectivity index (χ2n) is 3.76. The van der Waals surface area contributed by atoms with Crippen molar-refractivity contribution >= 4 is 37.4 Å². The van der Waals surface area contributed by atoms with Crippen LogP contribution in [0.25, 0.3) is 10.1 Å². The number of hydrogen-bond acceptors (Lipinski definition) is 5. The van der Waals surface area contributed by atoms with Crippen molar-refractivity contribution in [3.8, 4) is 0 Å². The molecule has 0 aliphatic rings. The molecule has 0 bridgehead atoms. The van der Waals surface area contributed by atoms with Crippen LogP contribution in [0.1, 0.15) is 12.5 Å². The third kappa shape index (κ3) is 2.87. The van der Waals surface area contributed by atoms with Crippen molar-refractivity contribution in [1.82, 2.24) is 0 Å². The van der Waals surface area contributed by atoms with Gasteiger partial charge in [0.15, 0.2) is 0 Å². The van der Waals surface area contributed by atoms with Crippen LogP contribution >= 0.6 is 11.3 Å². The monoisotopic (exact) mass is 285 g/mol. The Kier molecular flexibility index (Phi) is 3.38. The minimum Gasteiger partial charge on any atom is -0.461 e. The number of hydrogen-bond donors (Lipinski definition) is 1. The molecule has 0 aliphatic carbocycles. The number of rotatable bonds is 3. The molecule has 0 radical (unpaired) electrons. The molecule has 0 unspecified atom stereocenters. The zero-order valence-electron chi connectivity index (χ0n) is 9.54. The molecule has 2 rings (SSSR count). The molecule has 0 spiro atoms. The van der Waals surface area contributed by atoms with Gasteiger partial charge in [-0.05, 0) is 29.1 Å². The highest BCUT2D eigenvalue weighted by atomic mass is 32.2. The summed E-state index contributed by atoms with van der Waals surface area (Å²) in [5, 5.41) is 5.84. The standard InChI is InChI=1S/C11H11NO4S2/c1-7(13)16-6-8-2-3-10-9(4-8)5-11(17-10)18(12,14)15/h2-5H,6H2,1H3,(H2,12,14,15). The molecule has 0 saturated heterocycles. The highest BCUT2D eigenvalue weighted by Crippen LogP contribution is 2.29. The third-order valence-electron chi connectivity index (χ3n) is 2.28. The summed E-state index contributed by atoms with van der Waals surface area (Å²) in [5.74, 6) is -0.356. The summed E-state index contributed by atoms with van der Waals surface area (Å²) in [6.07, 6.45) is 0. The fraction of sp³-hybridized carbons (Fsp3) is 0.182. The van der Waals surface area contributed by atoms with E-state index in [9.17, 15) is 13.2 Å². The first-order chi connectivity index (χ1) is 8.36. The van der Waals surface area contributed by atoms with Gasteiger partial charge in [-0.1, -0.05) is 6.07 Å². The lowest BCUT2D eigenvalue weighted by molar-refractivity contribution is -0.142. The van der Waals surface area contributed by atoms with Gasteiger partial charge in [-0.3, -0.25) is 4.79 Å². The van der Waals surface area contributed by atoms with Gasteiger partial charge in [-0.15, -0.1) is 11.3 Å². The SMILES string of the molecule is CC(=O)OCc1ccc2sc(S(N)(=O)=O)cc2c1. The molecule has 0 aliphatic heterocycles. The molecule has 1 aromatic heterocycles. The van der Waals surface area contributed by atoms with E-state index in [0.717, 1.165) is 27.0 Å². The zero-order valence-corrected chi connectivity index (χ0v) is 11.2. The van der Waals surface area contributed by atoms with E-state index in [-0.39, 0.29) is 16.8 Å². The van der Waals surface area contributed by atoms with E-state index in [1.165, 1.54) is 13.0 Å². The summed E-state index contributed by atoms with van der Waals surface area (Å²) in [5.41, 5.74) is 0.802. The Hall–Kier alpha value is -1.44. The highest BCUT2D eigenvalue weighted by Gasteiger charge is 2.12. The zero-order chi connectivity index (χ0) is 13.3. The number of thiophene rings is 1. The van der Waals surface area contributed by atoms with Gasteiger partial charge >= 0.3 is 5.97 Å². The molecule has 0 fully saturated rings. The van der Waals surface area contributed by atoms with Crippen LogP contribution in [0.3, 0.4) is 0 Å². The molecular formula is C11H11NO4S2. The number of primary sulfonamides is 1. The van der Waals surface area contributed by atoms with Crippen LogP contribution in [-0.2, 0) is 26.2 Å². The lowest BCUT2D eigenvalue weighted by atomic mass is 10.2. The Morgan fingerprint density at radius 3 is 2.72 bits per heavy atom. The second-order valence-corrected chi connectivity index (χ2v) is 6.63. The average molecular weight is 285 g/mol. The van der Waals surface area contributed by atoms with E-state index in [1.54, 1.807) is 18.2 Å². The van der Waals surface area contributed by atoms with E-state index in [0.29, 0.717) is 0 Å². The van der Waals surface area contributed by atoms with E-state index >= 15 is 0 Å². The Morgan fingerprint density at radius 2 is 2.11 bits per heavy atom. The van der Waals surface area contributed by atoms with Crippen LogP contribution in [0, 0.1) is 0 Å². The van der Waals surface area contributed by atoms with Crippen LogP contribution in [0.15, 0.2) is 28.5 Å². The first-order valence-electron chi connectivity index (χ1n) is 5.05. The highest BCUT2D eigenvalue weighted by molar-refractivity contribution is 7.91. The van der Waals surface area contributed by atoms with Crippen LogP contribution in [0.4, 0.5) is 0 Å². The lowest BCUT2D eigenvalue weighted by Crippen LogP contribution is -2.09. The number of nitrogens with two attached hydrogens (primary N) is 1. The van der Waals surface area contributed by atoms with Crippen LogP contribution in [-0.4, -0.2) is 14.4 Å². The molecule has 2 aromatic rings. The van der Waals surface area contributed by atoms with Gasteiger partial charge in [0.05, 0.1) is 0 Å². The molecule has 18 heavy (non-hydrogen) atoms. The smallest absolute Gasteiger partial charge is 0.302 e. The quantitative estimate of drug-likeness (QED) is 0.868. The molecule has 5 nitrogen and oxygen atoms in total. The molecule has 0 saturated carbocycles. The van der Waals surface area contributed by atoms with Crippen molar-refractivity contribution in [2.75, 3.05) is 0 Å². The summed E-state index contributed by atoms with van der Waals surface area (Å²) in [7, 11) is -3.67. The minimum absolute atomic E-state index is 0.127. The van der Waals surface area contributed by atoms with Crippen molar-refractivity contribution in [1.29, 1.82) is 0 Å². The minimum atomic E-state index is -3.67. The van der Waals surface area contributed by atoms with Crippen LogP contribution in [0.5, 0.6) is 0 Å². The Bertz CT molecular complexity index is 703. The first-order valence-corrected chi connectivity index (χ1v) is 7.41. The number of benzene rings is 1. The van der Waals surface area contributed by atoms with Gasteiger partial charge < -0.3 is 4.74 Å². The van der Waals surface area contributed by atoms with Gasteiger partial charge in [0.1, 0.15) is 10.8 Å². The lowest BCUT2D eigenvalue weighted by Gasteiger charge is -2.01. The molecule has 0 atom stereocenters. The van der Waals surface area contributed by atoms with Crippen LogP contribution < -0.4 is 5.14 Å². The van der Waals surface area contributed by atoms with Gasteiger partial charge in [-0.25, -0.2) is 13.6 Å². The van der Waals surface area contributed by atoms with E-state index in [4.69, 9.17) is 9.88 Å². The van der Waals surface area contributed by atoms with E-state index < -0.39 is 10.0 Å². The number of fused-ring (bicyclic) bond motifs is 1. The summed E-state index contributed by atoms with van der Waals surface area (Å²) in [6, 6.07) is 6.87. The fourth-order valence-corrected chi connectivity index (χ4v) is 3.28. The Labute approximate surface area is 108 Å². The van der Waals surface area contributed by atoms with Gasteiger partial charge in [0.2, 0.25) is 10.0 Å². The maximum atomic E-state index is 11.2. The summed E-state index contributed by atoms with van der Waals surface area (Å²) in [6.45, 7) is 1.51. The van der Waals surface area contributed by atoms with Crippen molar-refractivity contribution in [3.05, 3.63) is 29.8 Å². The van der Waals surface area contributed by atoms with Crippen molar-refractivity contribution < 1.29 is 17.9 Å². The number of esters is 1. The van der Waals surface area contributed by atoms with Gasteiger partial charge in [-0.2, -0.15) is 0 Å². The average Bonchev–Trinajstić information content (AvgIpc) is 2.68. The molecule has 1 aromatic carbocycles. The molecule has 0 amide bonds. The van der Waals surface area contributed by atoms with E-state index in [2.05, 4.69) is 0 Å². The Morgan fingerprint density at radius 1 is 1.39 bits per heavy atom. The van der Waals surface area contributed by atoms with Crippen molar-refractivity contribution in [2.24, 2.45) is 5.14 Å². The second kappa shape index (κ2) is 4.68. The largest absolute Gasteiger partial charge is 0.461 e. The normalized spacial score (nSPS) is 11.7. The first kappa shape index (κ1) is 13.0. The van der Waals surface area contributed by atoms with Crippen molar-refractivity contribution in [2.45, 2.75) is 17.7 Å². The number of carbonyl (C=O) groups is 1. The molecule has 7 heteroatoms. The number of sulfonamides is 1. The van der Waals surface area contributed by atoms with Crippen molar-refractivity contribution in [3.63, 3.8) is 0 Å². The van der Waals surface area contributed by atoms with Gasteiger partial charge in [0, 0.05) is 11.6 Å². The van der Waals surface area contributed by atoms with E-state index in [1.807, 2.05) is 0 Å². The maximum absolute atomic E-state index is 11.2. The number of carbonyl (C=O) groups excluding carboxylic acids is 1. The molecule has 96 valence electrons. The topological polar surface area (TPSA) is 86.5 Å². The summed E-state index contributed by atoms with van der Waals surface area (Å²) >= 11 is 1.12. The third-order valence-corrected chi connectivity index (χ3v) is 4.82. The maximum Gasteiger partial charge on any atom is 0.302 e. The molecular weight excluding hydrogens is 274 g/mol. The summed E-state index contributed by atoms with van der Waals surface area (Å²) in [4.78, 5) is 10.7. The predicted octanol–water partition coefficient (Wildman–Crippen LogP) is 1.61. The van der Waals surface area contributed by atoms with Crippen LogP contribution in [0.2, 0.25) is 0 Å².